The first-order valence-corrected chi connectivity index (χ1v) is 23.0. The third-order valence-electron chi connectivity index (χ3n) is 10.4. The van der Waals surface area contributed by atoms with Crippen molar-refractivity contribution in [2.45, 2.75) is 39.5 Å². The molecule has 0 amide bonds. The van der Waals surface area contributed by atoms with Crippen LogP contribution in [0.2, 0.25) is 0 Å². The Balaban J connectivity index is 1.63. The summed E-state index contributed by atoms with van der Waals surface area (Å²) >= 11 is 0. The molecule has 52 heavy (non-hydrogen) atoms. The van der Waals surface area contributed by atoms with Gasteiger partial charge in [-0.05, 0) is 0 Å². The predicted molar refractivity (Wildman–Crippen MR) is 222 cm³/mol. The fourth-order valence-corrected chi connectivity index (χ4v) is 19.6. The van der Waals surface area contributed by atoms with Crippen molar-refractivity contribution in [1.29, 1.82) is 0 Å². The Hall–Kier alpha value is -4.88. The molecule has 0 aliphatic rings. The molecule has 6 aromatic rings. The number of carbonyl (C=O) groups is 2. The van der Waals surface area contributed by atoms with E-state index in [1.54, 1.807) is 0 Å². The van der Waals surface area contributed by atoms with Gasteiger partial charge in [-0.25, -0.2) is 0 Å². The third kappa shape index (κ3) is 6.19. The Bertz CT molecular complexity index is 1710. The number of hydrogen-bond acceptors (Lipinski definition) is 4. The van der Waals surface area contributed by atoms with Crippen molar-refractivity contribution in [3.8, 4) is 0 Å². The van der Waals surface area contributed by atoms with Crippen LogP contribution in [0.3, 0.4) is 0 Å². The molecule has 0 saturated carbocycles. The minimum absolute atomic E-state index is 0.536. The molecule has 0 saturated heterocycles. The van der Waals surface area contributed by atoms with Gasteiger partial charge in [0.1, 0.15) is 0 Å². The van der Waals surface area contributed by atoms with E-state index in [9.17, 15) is 0 Å². The van der Waals surface area contributed by atoms with Crippen molar-refractivity contribution in [2.75, 3.05) is 12.3 Å². The van der Waals surface area contributed by atoms with Crippen LogP contribution in [0, 0.1) is 0 Å². The molecule has 6 heteroatoms. The molecule has 6 rings (SSSR count). The second kappa shape index (κ2) is 15.8. The molecule has 0 atom stereocenters. The normalized spacial score (nSPS) is 13.1. The SMILES string of the molecule is CCCCP(OC(=O)C(=O)OP(CCCC)(c1ccccc1)(c1ccccc1)c1ccccc1)(c1ccccc1)(c1ccccc1)c1ccccc1. The van der Waals surface area contributed by atoms with Crippen LogP contribution in [0.4, 0.5) is 0 Å². The maximum atomic E-state index is 15.2. The molecular weight excluding hydrogens is 678 g/mol. The summed E-state index contributed by atoms with van der Waals surface area (Å²) in [5.41, 5.74) is 0. The molecule has 6 aromatic carbocycles. The van der Waals surface area contributed by atoms with Gasteiger partial charge in [0.25, 0.3) is 0 Å². The Morgan fingerprint density at radius 1 is 0.365 bits per heavy atom. The monoisotopic (exact) mass is 726 g/mol. The van der Waals surface area contributed by atoms with Crippen molar-refractivity contribution in [1.82, 2.24) is 0 Å². The molecule has 4 nitrogen and oxygen atoms in total. The quantitative estimate of drug-likeness (QED) is 0.0835. The van der Waals surface area contributed by atoms with Gasteiger partial charge >= 0.3 is 310 Å². The molecule has 0 N–H and O–H groups in total. The molecule has 0 spiro atoms. The zero-order valence-corrected chi connectivity index (χ0v) is 31.9. The zero-order chi connectivity index (χ0) is 36.4. The van der Waals surface area contributed by atoms with Crippen LogP contribution in [-0.4, -0.2) is 24.3 Å². The first-order chi connectivity index (χ1) is 25.4. The first kappa shape index (κ1) is 36.9. The molecule has 0 heterocycles. The maximum absolute atomic E-state index is 15.2. The van der Waals surface area contributed by atoms with E-state index in [0.29, 0.717) is 12.3 Å². The summed E-state index contributed by atoms with van der Waals surface area (Å²) in [5.74, 6) is -1.97. The molecule has 266 valence electrons. The van der Waals surface area contributed by atoms with Crippen LogP contribution < -0.4 is 31.8 Å². The second-order valence-corrected chi connectivity index (χ2v) is 22.6. The summed E-state index contributed by atoms with van der Waals surface area (Å²) in [4.78, 5) is 30.4. The minimum atomic E-state index is -4.16. The van der Waals surface area contributed by atoms with Gasteiger partial charge in [-0.2, -0.15) is 0 Å². The Morgan fingerprint density at radius 2 is 0.558 bits per heavy atom. The van der Waals surface area contributed by atoms with Crippen molar-refractivity contribution in [2.24, 2.45) is 0 Å². The van der Waals surface area contributed by atoms with Crippen molar-refractivity contribution in [3.05, 3.63) is 182 Å². The number of carbonyl (C=O) groups excluding carboxylic acids is 2. The molecule has 0 unspecified atom stereocenters. The Kier molecular flexibility index (Phi) is 11.2. The van der Waals surface area contributed by atoms with Crippen LogP contribution in [-0.2, 0) is 18.6 Å². The van der Waals surface area contributed by atoms with Gasteiger partial charge in [-0.3, -0.25) is 0 Å². The standard InChI is InChI=1S/C46H48O4P2/c1-3-5-37-51(39-25-13-7-14-26-39,40-27-15-8-16-28-40,41-29-17-9-18-30-41)49-45(47)46(48)50-52(38-6-4-2,42-31-19-10-20-32-42,43-33-21-11-22-34-43)44-35-23-12-24-36-44/h7-36H,3-6,37-38H2,1-2H3. The van der Waals surface area contributed by atoms with Crippen molar-refractivity contribution < 1.29 is 18.6 Å². The average molecular weight is 727 g/mol. The van der Waals surface area contributed by atoms with E-state index < -0.39 is 25.6 Å². The third-order valence-corrected chi connectivity index (χ3v) is 22.2. The van der Waals surface area contributed by atoms with E-state index in [1.807, 2.05) is 182 Å². The molecule has 0 aliphatic heterocycles. The van der Waals surface area contributed by atoms with Gasteiger partial charge in [-0.1, -0.05) is 0 Å². The van der Waals surface area contributed by atoms with Gasteiger partial charge in [0.2, 0.25) is 0 Å². The fraction of sp³-hybridized carbons (Fsp3) is 0.174. The van der Waals surface area contributed by atoms with Crippen LogP contribution in [0.5, 0.6) is 0 Å². The fourth-order valence-electron chi connectivity index (χ4n) is 7.90. The predicted octanol–water partition coefficient (Wildman–Crippen LogP) is 8.56. The summed E-state index contributed by atoms with van der Waals surface area (Å²) in [5, 5.41) is 5.32. The van der Waals surface area contributed by atoms with Crippen molar-refractivity contribution >= 4 is 57.4 Å². The van der Waals surface area contributed by atoms with Gasteiger partial charge in [0, 0.05) is 0 Å². The molecular formula is C46H48O4P2. The van der Waals surface area contributed by atoms with E-state index in [4.69, 9.17) is 9.05 Å². The van der Waals surface area contributed by atoms with Crippen LogP contribution in [0.15, 0.2) is 182 Å². The van der Waals surface area contributed by atoms with Gasteiger partial charge in [0.05, 0.1) is 0 Å². The summed E-state index contributed by atoms with van der Waals surface area (Å²) in [7, 11) is 0. The molecule has 0 radical (unpaired) electrons. The summed E-state index contributed by atoms with van der Waals surface area (Å²) in [6, 6.07) is 60.2. The number of benzene rings is 6. The molecule has 0 bridgehead atoms. The van der Waals surface area contributed by atoms with Crippen LogP contribution in [0.1, 0.15) is 39.5 Å². The zero-order valence-electron chi connectivity index (χ0n) is 30.1. The van der Waals surface area contributed by atoms with Gasteiger partial charge in [0.15, 0.2) is 0 Å². The van der Waals surface area contributed by atoms with Crippen LogP contribution >= 0.6 is 13.7 Å². The van der Waals surface area contributed by atoms with Crippen molar-refractivity contribution in [3.63, 3.8) is 0 Å². The Morgan fingerprint density at radius 3 is 0.731 bits per heavy atom. The molecule has 0 aliphatic carbocycles. The number of rotatable bonds is 14. The van der Waals surface area contributed by atoms with Crippen LogP contribution in [0.25, 0.3) is 0 Å². The number of hydrogen-bond donors (Lipinski definition) is 0. The first-order valence-electron chi connectivity index (χ1n) is 18.3. The number of unbranched alkanes of at least 4 members (excludes halogenated alkanes) is 2. The van der Waals surface area contributed by atoms with E-state index in [-0.39, 0.29) is 0 Å². The Labute approximate surface area is 308 Å². The topological polar surface area (TPSA) is 52.6 Å². The van der Waals surface area contributed by atoms with E-state index >= 15 is 9.59 Å². The van der Waals surface area contributed by atoms with E-state index in [0.717, 1.165) is 57.5 Å². The van der Waals surface area contributed by atoms with Gasteiger partial charge < -0.3 is 0 Å². The summed E-state index contributed by atoms with van der Waals surface area (Å²) in [6.45, 7) is -4.04. The average Bonchev–Trinajstić information content (AvgIpc) is 3.23. The molecule has 0 fully saturated rings. The second-order valence-electron chi connectivity index (χ2n) is 13.4. The molecule has 0 aromatic heterocycles. The van der Waals surface area contributed by atoms with E-state index in [2.05, 4.69) is 13.8 Å². The van der Waals surface area contributed by atoms with Gasteiger partial charge in [-0.15, -0.1) is 0 Å². The summed E-state index contributed by atoms with van der Waals surface area (Å²) in [6.07, 6.45) is 4.36. The van der Waals surface area contributed by atoms with E-state index in [1.165, 1.54) is 0 Å². The summed E-state index contributed by atoms with van der Waals surface area (Å²) < 4.78 is 14.4.